The van der Waals surface area contributed by atoms with Crippen molar-refractivity contribution in [2.75, 3.05) is 0 Å². The van der Waals surface area contributed by atoms with E-state index in [9.17, 15) is 22.8 Å². The van der Waals surface area contributed by atoms with E-state index in [4.69, 9.17) is 0 Å². The molecule has 0 atom stereocenters. The summed E-state index contributed by atoms with van der Waals surface area (Å²) in [6.07, 6.45) is 1.10. The number of hydrogen-bond acceptors (Lipinski definition) is 3. The second kappa shape index (κ2) is 7.47. The Morgan fingerprint density at radius 2 is 1.81 bits per heavy atom. The maximum Gasteiger partial charge on any atom is 0.438 e. The fourth-order valence-electron chi connectivity index (χ4n) is 3.37. The van der Waals surface area contributed by atoms with Crippen LogP contribution in [0.25, 0.3) is 11.0 Å². The number of benzene rings is 1. The summed E-state index contributed by atoms with van der Waals surface area (Å²) >= 11 is 0. The predicted octanol–water partition coefficient (Wildman–Crippen LogP) is 3.25. The number of alkyl halides is 3. The molecule has 0 saturated heterocycles. The predicted molar refractivity (Wildman–Crippen MR) is 90.6 cm³/mol. The molecule has 1 saturated carbocycles. The van der Waals surface area contributed by atoms with Gasteiger partial charge in [0.1, 0.15) is 6.54 Å². The van der Waals surface area contributed by atoms with Crippen LogP contribution in [0, 0.1) is 0 Å². The van der Waals surface area contributed by atoms with Gasteiger partial charge in [-0.2, -0.15) is 13.2 Å². The monoisotopic (exact) mass is 367 g/mol. The van der Waals surface area contributed by atoms with Gasteiger partial charge in [-0.1, -0.05) is 37.8 Å². The summed E-state index contributed by atoms with van der Waals surface area (Å²) in [6.45, 7) is -0.457. The molecule has 1 aliphatic carbocycles. The molecule has 0 spiro atoms. The number of aromatic nitrogens is 2. The van der Waals surface area contributed by atoms with Crippen LogP contribution < -0.4 is 10.9 Å². The number of carbonyl (C=O) groups is 1. The largest absolute Gasteiger partial charge is 0.438 e. The molecular formula is C18H20F3N3O2. The quantitative estimate of drug-likeness (QED) is 0.847. The molecule has 1 N–H and O–H groups in total. The highest BCUT2D eigenvalue weighted by molar-refractivity contribution is 5.80. The zero-order valence-corrected chi connectivity index (χ0v) is 14.2. The van der Waals surface area contributed by atoms with Crippen LogP contribution >= 0.6 is 0 Å². The third kappa shape index (κ3) is 4.05. The van der Waals surface area contributed by atoms with Gasteiger partial charge in [-0.25, -0.2) is 4.98 Å². The summed E-state index contributed by atoms with van der Waals surface area (Å²) in [5, 5.41) is 2.86. The van der Waals surface area contributed by atoms with E-state index < -0.39 is 29.9 Å². The molecule has 0 bridgehead atoms. The number of carbonyl (C=O) groups excluding carboxylic acids is 1. The van der Waals surface area contributed by atoms with Crippen molar-refractivity contribution in [3.63, 3.8) is 0 Å². The molecule has 3 rings (SSSR count). The molecular weight excluding hydrogens is 347 g/mol. The average Bonchev–Trinajstić information content (AvgIpc) is 2.84. The first-order valence-electron chi connectivity index (χ1n) is 8.72. The van der Waals surface area contributed by atoms with Crippen molar-refractivity contribution >= 4 is 16.9 Å². The standard InChI is InChI=1S/C18H20F3N3O2/c19-18(20,21)16-17(26)24(14-10-6-5-9-13(14)23-16)11-15(25)22-12-7-3-1-2-4-8-12/h5-6,9-10,12H,1-4,7-8,11H2,(H,22,25). The molecule has 2 aromatic rings. The van der Waals surface area contributed by atoms with E-state index in [0.29, 0.717) is 0 Å². The summed E-state index contributed by atoms with van der Waals surface area (Å²) in [5.74, 6) is -0.455. The lowest BCUT2D eigenvalue weighted by atomic mass is 10.1. The van der Waals surface area contributed by atoms with Crippen molar-refractivity contribution < 1.29 is 18.0 Å². The first-order valence-corrected chi connectivity index (χ1v) is 8.72. The highest BCUT2D eigenvalue weighted by Crippen LogP contribution is 2.26. The molecule has 1 aromatic carbocycles. The van der Waals surface area contributed by atoms with Crippen LogP contribution in [0.5, 0.6) is 0 Å². The average molecular weight is 367 g/mol. The zero-order chi connectivity index (χ0) is 18.7. The SMILES string of the molecule is O=C(Cn1c(=O)c(C(F)(F)F)nc2ccccc21)NC1CCCCCC1. The molecule has 0 aliphatic heterocycles. The van der Waals surface area contributed by atoms with Crippen LogP contribution in [0.2, 0.25) is 0 Å². The number of amides is 1. The fraction of sp³-hybridized carbons (Fsp3) is 0.500. The Hall–Kier alpha value is -2.38. The van der Waals surface area contributed by atoms with Gasteiger partial charge in [-0.15, -0.1) is 0 Å². The number of fused-ring (bicyclic) bond motifs is 1. The highest BCUT2D eigenvalue weighted by atomic mass is 19.4. The number of halogens is 3. The smallest absolute Gasteiger partial charge is 0.352 e. The van der Waals surface area contributed by atoms with Crippen molar-refractivity contribution in [3.8, 4) is 0 Å². The van der Waals surface area contributed by atoms with E-state index in [-0.39, 0.29) is 17.1 Å². The van der Waals surface area contributed by atoms with Crippen molar-refractivity contribution in [1.82, 2.24) is 14.9 Å². The van der Waals surface area contributed by atoms with Gasteiger partial charge in [0.15, 0.2) is 0 Å². The molecule has 140 valence electrons. The first-order chi connectivity index (χ1) is 12.4. The minimum atomic E-state index is -4.87. The Labute approximate surface area is 148 Å². The summed E-state index contributed by atoms with van der Waals surface area (Å²) in [6, 6.07) is 6.02. The summed E-state index contributed by atoms with van der Waals surface area (Å²) in [7, 11) is 0. The van der Waals surface area contributed by atoms with Crippen molar-refractivity contribution in [3.05, 3.63) is 40.3 Å². The van der Waals surface area contributed by atoms with Crippen LogP contribution in [0.15, 0.2) is 29.1 Å². The maximum absolute atomic E-state index is 13.1. The zero-order valence-electron chi connectivity index (χ0n) is 14.2. The fourth-order valence-corrected chi connectivity index (χ4v) is 3.37. The minimum absolute atomic E-state index is 0.0101. The maximum atomic E-state index is 13.1. The third-order valence-electron chi connectivity index (χ3n) is 4.64. The van der Waals surface area contributed by atoms with E-state index in [1.165, 1.54) is 18.2 Å². The summed E-state index contributed by atoms with van der Waals surface area (Å²) in [4.78, 5) is 28.1. The number of nitrogens with one attached hydrogen (secondary N) is 1. The van der Waals surface area contributed by atoms with Gasteiger partial charge in [0.2, 0.25) is 11.6 Å². The van der Waals surface area contributed by atoms with Crippen LogP contribution in [-0.2, 0) is 17.5 Å². The van der Waals surface area contributed by atoms with E-state index >= 15 is 0 Å². The third-order valence-corrected chi connectivity index (χ3v) is 4.64. The molecule has 1 fully saturated rings. The number of para-hydroxylation sites is 2. The molecule has 8 heteroatoms. The normalized spacial score (nSPS) is 16.4. The van der Waals surface area contributed by atoms with Crippen molar-refractivity contribution in [2.24, 2.45) is 0 Å². The van der Waals surface area contributed by atoms with Gasteiger partial charge < -0.3 is 5.32 Å². The van der Waals surface area contributed by atoms with Gasteiger partial charge in [-0.3, -0.25) is 14.2 Å². The molecule has 1 amide bonds. The molecule has 0 radical (unpaired) electrons. The number of rotatable bonds is 3. The van der Waals surface area contributed by atoms with Gasteiger partial charge in [0.25, 0.3) is 5.56 Å². The molecule has 1 aliphatic rings. The van der Waals surface area contributed by atoms with E-state index in [1.54, 1.807) is 6.07 Å². The van der Waals surface area contributed by atoms with Crippen LogP contribution in [0.1, 0.15) is 44.2 Å². The van der Waals surface area contributed by atoms with E-state index in [0.717, 1.165) is 43.1 Å². The van der Waals surface area contributed by atoms with Crippen LogP contribution in [0.3, 0.4) is 0 Å². The van der Waals surface area contributed by atoms with Crippen molar-refractivity contribution in [2.45, 2.75) is 57.3 Å². The molecule has 1 aromatic heterocycles. The van der Waals surface area contributed by atoms with E-state index in [2.05, 4.69) is 10.3 Å². The van der Waals surface area contributed by atoms with Gasteiger partial charge >= 0.3 is 6.18 Å². The van der Waals surface area contributed by atoms with Gasteiger partial charge in [-0.05, 0) is 25.0 Å². The Balaban J connectivity index is 1.92. The van der Waals surface area contributed by atoms with Crippen LogP contribution in [-0.4, -0.2) is 21.5 Å². The van der Waals surface area contributed by atoms with Gasteiger partial charge in [0, 0.05) is 6.04 Å². The first kappa shape index (κ1) is 18.4. The Bertz CT molecular complexity index is 853. The number of nitrogens with zero attached hydrogens (tertiary/aromatic N) is 2. The number of hydrogen-bond donors (Lipinski definition) is 1. The van der Waals surface area contributed by atoms with Gasteiger partial charge in [0.05, 0.1) is 11.0 Å². The lowest BCUT2D eigenvalue weighted by molar-refractivity contribution is -0.142. The second-order valence-corrected chi connectivity index (χ2v) is 6.59. The highest BCUT2D eigenvalue weighted by Gasteiger charge is 2.37. The lowest BCUT2D eigenvalue weighted by Gasteiger charge is -2.18. The summed E-state index contributed by atoms with van der Waals surface area (Å²) < 4.78 is 40.3. The molecule has 5 nitrogen and oxygen atoms in total. The topological polar surface area (TPSA) is 64.0 Å². The second-order valence-electron chi connectivity index (χ2n) is 6.59. The molecule has 1 heterocycles. The Morgan fingerprint density at radius 1 is 1.15 bits per heavy atom. The lowest BCUT2D eigenvalue weighted by Crippen LogP contribution is -2.40. The van der Waals surface area contributed by atoms with Crippen LogP contribution in [0.4, 0.5) is 13.2 Å². The molecule has 26 heavy (non-hydrogen) atoms. The molecule has 0 unspecified atom stereocenters. The summed E-state index contributed by atoms with van der Waals surface area (Å²) in [5.41, 5.74) is -2.56. The van der Waals surface area contributed by atoms with E-state index in [1.807, 2.05) is 0 Å². The van der Waals surface area contributed by atoms with Crippen molar-refractivity contribution in [1.29, 1.82) is 0 Å². The minimum Gasteiger partial charge on any atom is -0.352 e. The Kier molecular flexibility index (Phi) is 5.29. The Morgan fingerprint density at radius 3 is 2.46 bits per heavy atom.